The third-order valence-corrected chi connectivity index (χ3v) is 5.60. The van der Waals surface area contributed by atoms with Crippen LogP contribution in [-0.2, 0) is 11.3 Å². The molecule has 1 amide bonds. The van der Waals surface area contributed by atoms with Crippen molar-refractivity contribution < 1.29 is 14.6 Å². The topological polar surface area (TPSA) is 74.7 Å². The molecule has 3 rings (SSSR count). The van der Waals surface area contributed by atoms with E-state index in [0.29, 0.717) is 24.1 Å². The summed E-state index contributed by atoms with van der Waals surface area (Å²) in [5, 5.41) is 15.9. The molecule has 1 fully saturated rings. The van der Waals surface area contributed by atoms with Gasteiger partial charge in [0, 0.05) is 25.4 Å². The van der Waals surface area contributed by atoms with Crippen molar-refractivity contribution in [2.24, 2.45) is 5.92 Å². The molecule has 1 aliphatic rings. The maximum atomic E-state index is 12.1. The Morgan fingerprint density at radius 1 is 1.42 bits per heavy atom. The highest BCUT2D eigenvalue weighted by atomic mass is 32.1. The summed E-state index contributed by atoms with van der Waals surface area (Å²) < 4.78 is 5.17. The van der Waals surface area contributed by atoms with Crippen LogP contribution in [0, 0.1) is 5.92 Å². The number of hydrogen-bond donors (Lipinski definition) is 2. The van der Waals surface area contributed by atoms with E-state index in [4.69, 9.17) is 4.74 Å². The number of amides is 1. The first-order chi connectivity index (χ1) is 12.6. The molecule has 6 nitrogen and oxygen atoms in total. The summed E-state index contributed by atoms with van der Waals surface area (Å²) in [5.74, 6) is 1.09. The number of benzene rings is 1. The summed E-state index contributed by atoms with van der Waals surface area (Å²) in [5.41, 5.74) is 1.62. The molecule has 26 heavy (non-hydrogen) atoms. The minimum atomic E-state index is -0.283. The summed E-state index contributed by atoms with van der Waals surface area (Å²) in [6.45, 7) is 2.68. The number of ether oxygens (including phenoxy) is 1. The molecule has 1 saturated carbocycles. The van der Waals surface area contributed by atoms with Crippen molar-refractivity contribution in [3.8, 4) is 5.75 Å². The molecule has 2 aromatic rings. The molecule has 2 N–H and O–H groups in total. The zero-order chi connectivity index (χ0) is 18.5. The lowest BCUT2D eigenvalue weighted by atomic mass is 9.81. The van der Waals surface area contributed by atoms with E-state index in [0.717, 1.165) is 30.0 Å². The van der Waals surface area contributed by atoms with E-state index in [1.807, 2.05) is 29.6 Å². The van der Waals surface area contributed by atoms with Crippen LogP contribution < -0.4 is 15.0 Å². The molecule has 0 aliphatic heterocycles. The summed E-state index contributed by atoms with van der Waals surface area (Å²) in [6, 6.07) is 7.33. The number of rotatable bonds is 8. The molecule has 1 aromatic carbocycles. The van der Waals surface area contributed by atoms with E-state index < -0.39 is 0 Å². The normalized spacial score (nSPS) is 15.3. The number of methoxy groups -OCH3 is 1. The van der Waals surface area contributed by atoms with Gasteiger partial charge in [0.25, 0.3) is 0 Å². The number of nitrogens with one attached hydrogen (secondary N) is 1. The highest BCUT2D eigenvalue weighted by Crippen LogP contribution is 2.31. The fourth-order valence-corrected chi connectivity index (χ4v) is 3.86. The smallest absolute Gasteiger partial charge is 0.230 e. The molecule has 0 spiro atoms. The molecule has 1 unspecified atom stereocenters. The Morgan fingerprint density at radius 2 is 2.15 bits per heavy atom. The van der Waals surface area contributed by atoms with Crippen LogP contribution in [0.15, 0.2) is 29.6 Å². The predicted molar refractivity (Wildman–Crippen MR) is 103 cm³/mol. The van der Waals surface area contributed by atoms with Gasteiger partial charge in [0.2, 0.25) is 5.91 Å². The monoisotopic (exact) mass is 375 g/mol. The van der Waals surface area contributed by atoms with Crippen LogP contribution in [-0.4, -0.2) is 35.8 Å². The Balaban J connectivity index is 1.62. The standard InChI is InChI=1S/C19H25N3O3S/c1-13(23)22(16-6-8-17(25-2)9-7-16)19-21-15(12-26-19)10-20-11-18(24)14-4-3-5-14/h6-9,12,14,18,20,24H,3-5,10-11H2,1-2H3. The minimum Gasteiger partial charge on any atom is -0.497 e. The summed E-state index contributed by atoms with van der Waals surface area (Å²) in [6.07, 6.45) is 3.19. The van der Waals surface area contributed by atoms with Crippen LogP contribution in [0.25, 0.3) is 0 Å². The van der Waals surface area contributed by atoms with Crippen LogP contribution >= 0.6 is 11.3 Å². The van der Waals surface area contributed by atoms with Gasteiger partial charge in [-0.2, -0.15) is 0 Å². The quantitative estimate of drug-likeness (QED) is 0.742. The number of carbonyl (C=O) groups excluding carboxylic acids is 1. The van der Waals surface area contributed by atoms with Crippen molar-refractivity contribution in [2.45, 2.75) is 38.8 Å². The van der Waals surface area contributed by atoms with E-state index in [1.54, 1.807) is 12.0 Å². The van der Waals surface area contributed by atoms with E-state index in [2.05, 4.69) is 10.3 Å². The zero-order valence-electron chi connectivity index (χ0n) is 15.1. The summed E-state index contributed by atoms with van der Waals surface area (Å²) in [7, 11) is 1.61. The SMILES string of the molecule is COc1ccc(N(C(C)=O)c2nc(CNCC(O)C3CCC3)cs2)cc1. The molecular formula is C19H25N3O3S. The number of anilines is 2. The number of carbonyl (C=O) groups is 1. The predicted octanol–water partition coefficient (Wildman–Crippen LogP) is 3.09. The van der Waals surface area contributed by atoms with Gasteiger partial charge in [-0.1, -0.05) is 6.42 Å². The first kappa shape index (κ1) is 18.8. The lowest BCUT2D eigenvalue weighted by Gasteiger charge is -2.30. The number of aliphatic hydroxyl groups is 1. The number of nitrogens with zero attached hydrogens (tertiary/aromatic N) is 2. The maximum absolute atomic E-state index is 12.1. The van der Waals surface area contributed by atoms with Crippen molar-refractivity contribution in [3.05, 3.63) is 35.3 Å². The lowest BCUT2D eigenvalue weighted by Crippen LogP contribution is -2.35. The van der Waals surface area contributed by atoms with Gasteiger partial charge in [0.15, 0.2) is 5.13 Å². The second-order valence-corrected chi connectivity index (χ2v) is 7.40. The molecule has 140 valence electrons. The Bertz CT molecular complexity index is 728. The van der Waals surface area contributed by atoms with Crippen LogP contribution in [0.2, 0.25) is 0 Å². The average Bonchev–Trinajstić information content (AvgIpc) is 3.02. The second-order valence-electron chi connectivity index (χ2n) is 6.56. The number of thiazole rings is 1. The van der Waals surface area contributed by atoms with Gasteiger partial charge in [-0.3, -0.25) is 9.69 Å². The van der Waals surface area contributed by atoms with Gasteiger partial charge in [0.05, 0.1) is 24.6 Å². The summed E-state index contributed by atoms with van der Waals surface area (Å²) in [4.78, 5) is 18.3. The molecule has 1 atom stereocenters. The van der Waals surface area contributed by atoms with E-state index in [1.165, 1.54) is 24.7 Å². The van der Waals surface area contributed by atoms with Gasteiger partial charge in [-0.15, -0.1) is 11.3 Å². The largest absolute Gasteiger partial charge is 0.497 e. The third-order valence-electron chi connectivity index (χ3n) is 4.73. The van der Waals surface area contributed by atoms with Crippen molar-refractivity contribution in [3.63, 3.8) is 0 Å². The Kier molecular flexibility index (Phi) is 6.24. The Morgan fingerprint density at radius 3 is 2.73 bits per heavy atom. The molecule has 7 heteroatoms. The average molecular weight is 375 g/mol. The van der Waals surface area contributed by atoms with Crippen molar-refractivity contribution >= 4 is 28.1 Å². The van der Waals surface area contributed by atoms with Crippen LogP contribution in [0.4, 0.5) is 10.8 Å². The Labute approximate surface area is 157 Å². The fourth-order valence-electron chi connectivity index (χ4n) is 2.98. The number of hydrogen-bond acceptors (Lipinski definition) is 6. The molecule has 0 radical (unpaired) electrons. The van der Waals surface area contributed by atoms with Crippen LogP contribution in [0.1, 0.15) is 31.9 Å². The minimum absolute atomic E-state index is 0.0931. The zero-order valence-corrected chi connectivity index (χ0v) is 16.0. The van der Waals surface area contributed by atoms with Gasteiger partial charge < -0.3 is 15.2 Å². The van der Waals surface area contributed by atoms with Gasteiger partial charge in [-0.05, 0) is 43.0 Å². The first-order valence-corrected chi connectivity index (χ1v) is 9.74. The summed E-state index contributed by atoms with van der Waals surface area (Å²) >= 11 is 1.43. The molecule has 1 heterocycles. The highest BCUT2D eigenvalue weighted by molar-refractivity contribution is 7.14. The van der Waals surface area contributed by atoms with E-state index in [-0.39, 0.29) is 12.0 Å². The van der Waals surface area contributed by atoms with Crippen molar-refractivity contribution in [1.82, 2.24) is 10.3 Å². The van der Waals surface area contributed by atoms with Gasteiger partial charge in [-0.25, -0.2) is 4.98 Å². The Hall–Kier alpha value is -1.96. The molecule has 0 bridgehead atoms. The number of aliphatic hydroxyl groups excluding tert-OH is 1. The van der Waals surface area contributed by atoms with Crippen LogP contribution in [0.5, 0.6) is 5.75 Å². The molecule has 1 aromatic heterocycles. The molecule has 1 aliphatic carbocycles. The molecular weight excluding hydrogens is 350 g/mol. The van der Waals surface area contributed by atoms with Crippen molar-refractivity contribution in [2.75, 3.05) is 18.6 Å². The number of aromatic nitrogens is 1. The lowest BCUT2D eigenvalue weighted by molar-refractivity contribution is -0.115. The third kappa shape index (κ3) is 4.41. The first-order valence-electron chi connectivity index (χ1n) is 8.86. The fraction of sp³-hybridized carbons (Fsp3) is 0.474. The van der Waals surface area contributed by atoms with Crippen molar-refractivity contribution in [1.29, 1.82) is 0 Å². The van der Waals surface area contributed by atoms with E-state index in [9.17, 15) is 9.90 Å². The van der Waals surface area contributed by atoms with Crippen LogP contribution in [0.3, 0.4) is 0 Å². The molecule has 0 saturated heterocycles. The highest BCUT2D eigenvalue weighted by Gasteiger charge is 2.25. The van der Waals surface area contributed by atoms with E-state index >= 15 is 0 Å². The second kappa shape index (κ2) is 8.62. The van der Waals surface area contributed by atoms with Gasteiger partial charge in [0.1, 0.15) is 5.75 Å². The maximum Gasteiger partial charge on any atom is 0.230 e. The van der Waals surface area contributed by atoms with Gasteiger partial charge >= 0.3 is 0 Å².